The summed E-state index contributed by atoms with van der Waals surface area (Å²) in [6, 6.07) is 1.42. The standard InChI is InChI=1S/C9H11NO3.C6H12N2O4S2.C6H14N2O2.C5H11NO2.C3H7NO2.C2H5NO2/c10-8(9(12)13)5-6-1-3-7(11)4-2-6;7-3(5(9)10)1-13-14-2-4(8)6(11)12;7-4-2-1-3-5(8)6(9)10;1-3(2)4(6)5(7)8;1-2(4)3(5)6;3-1-2(4)5/h1-4,8,11H,5,10H2,(H,12,13);3-4H,1-2,7-8H2,(H,9,10)(H,11,12);5H,1-4,7-8H2,(H,9,10);3-4H,6H2,1-2H3,(H,7,8);2H,4H2,1H3,(H,5,6);1,3H2,(H,4,5). The van der Waals surface area contributed by atoms with Crippen LogP contribution >= 0.6 is 21.6 Å². The quantitative estimate of drug-likeness (QED) is 0.0508. The van der Waals surface area contributed by atoms with Gasteiger partial charge in [0.05, 0.1) is 6.54 Å². The summed E-state index contributed by atoms with van der Waals surface area (Å²) in [4.78, 5) is 69.9. The van der Waals surface area contributed by atoms with Crippen molar-refractivity contribution in [1.29, 1.82) is 0 Å². The van der Waals surface area contributed by atoms with E-state index in [1.54, 1.807) is 26.0 Å². The predicted molar refractivity (Wildman–Crippen MR) is 211 cm³/mol. The molecule has 0 amide bonds. The Kier molecular flexibility index (Phi) is 40.9. The van der Waals surface area contributed by atoms with Crippen LogP contribution in [0.25, 0.3) is 0 Å². The van der Waals surface area contributed by atoms with Gasteiger partial charge in [0.25, 0.3) is 0 Å². The van der Waals surface area contributed by atoms with Gasteiger partial charge in [-0.3, -0.25) is 33.6 Å². The van der Waals surface area contributed by atoms with Crippen LogP contribution in [0.4, 0.5) is 0 Å². The molecule has 1 aromatic carbocycles. The van der Waals surface area contributed by atoms with Gasteiger partial charge in [0.1, 0.15) is 42.0 Å². The number of rotatable bonds is 19. The first-order valence-corrected chi connectivity index (χ1v) is 18.7. The second kappa shape index (κ2) is 37.6. The van der Waals surface area contributed by atoms with Crippen molar-refractivity contribution in [1.82, 2.24) is 0 Å². The first-order chi connectivity index (χ1) is 25.7. The molecular weight excluding hydrogens is 789 g/mol. The molecule has 0 heterocycles. The maximum absolute atomic E-state index is 10.4. The highest BCUT2D eigenvalue weighted by molar-refractivity contribution is 8.76. The first kappa shape index (κ1) is 60.9. The summed E-state index contributed by atoms with van der Waals surface area (Å²) in [7, 11) is 2.41. The number of phenols is 1. The average molecular weight is 849 g/mol. The molecule has 0 saturated carbocycles. The summed E-state index contributed by atoms with van der Waals surface area (Å²) >= 11 is 0. The number of aliphatic carboxylic acids is 7. The van der Waals surface area contributed by atoms with Gasteiger partial charge in [-0.15, -0.1) is 0 Å². The number of hydrogen-bond acceptors (Lipinski definition) is 18. The maximum atomic E-state index is 10.4. The monoisotopic (exact) mass is 848 g/mol. The van der Waals surface area contributed by atoms with Crippen LogP contribution in [0.15, 0.2) is 24.3 Å². The molecule has 0 spiro atoms. The average Bonchev–Trinajstić information content (AvgIpc) is 3.11. The lowest BCUT2D eigenvalue weighted by atomic mass is 10.1. The van der Waals surface area contributed by atoms with E-state index in [1.807, 2.05) is 0 Å². The minimum Gasteiger partial charge on any atom is -0.508 e. The van der Waals surface area contributed by atoms with E-state index in [0.29, 0.717) is 13.0 Å². The Hall–Kier alpha value is -4.31. The van der Waals surface area contributed by atoms with Gasteiger partial charge >= 0.3 is 41.8 Å². The van der Waals surface area contributed by atoms with E-state index in [4.69, 9.17) is 81.0 Å². The third-order valence-corrected chi connectivity index (χ3v) is 8.25. The van der Waals surface area contributed by atoms with Gasteiger partial charge in [-0.05, 0) is 56.3 Å². The Balaban J connectivity index is -0.000000192. The Morgan fingerprint density at radius 2 is 0.929 bits per heavy atom. The van der Waals surface area contributed by atoms with Crippen LogP contribution in [-0.2, 0) is 40.0 Å². The zero-order valence-corrected chi connectivity index (χ0v) is 33.0. The molecule has 0 radical (unpaired) electrons. The van der Waals surface area contributed by atoms with Crippen LogP contribution in [0.2, 0.25) is 0 Å². The van der Waals surface area contributed by atoms with Crippen LogP contribution in [-0.4, -0.2) is 143 Å². The molecular formula is C31H60N8O15S2. The largest absolute Gasteiger partial charge is 0.508 e. The highest BCUT2D eigenvalue weighted by Crippen LogP contribution is 2.22. The normalized spacial score (nSPS) is 13.0. The summed E-state index contributed by atoms with van der Waals surface area (Å²) in [5.41, 5.74) is 41.5. The number of nitrogens with two attached hydrogens (primary N) is 8. The number of unbranched alkanes of at least 4 members (excludes halogenated alkanes) is 1. The van der Waals surface area contributed by atoms with Crippen molar-refractivity contribution in [3.8, 4) is 5.75 Å². The maximum Gasteiger partial charge on any atom is 0.321 e. The molecule has 1 aromatic rings. The summed E-state index contributed by atoms with van der Waals surface area (Å²) in [6.07, 6.45) is 2.44. The van der Waals surface area contributed by atoms with E-state index in [2.05, 4.69) is 5.73 Å². The number of benzene rings is 1. The van der Waals surface area contributed by atoms with Crippen LogP contribution in [0.3, 0.4) is 0 Å². The van der Waals surface area contributed by atoms with Crippen LogP contribution in [0.1, 0.15) is 45.6 Å². The molecule has 56 heavy (non-hydrogen) atoms. The van der Waals surface area contributed by atoms with Gasteiger partial charge in [0, 0.05) is 11.5 Å². The number of carboxylic acids is 7. The number of aromatic hydroxyl groups is 1. The number of carboxylic acid groups (broad SMARTS) is 7. The van der Waals surface area contributed by atoms with Gasteiger partial charge in [-0.25, -0.2) is 0 Å². The molecule has 0 bridgehead atoms. The van der Waals surface area contributed by atoms with Crippen molar-refractivity contribution in [2.45, 2.75) is 82.7 Å². The molecule has 0 aliphatic heterocycles. The molecule has 0 aromatic heterocycles. The second-order valence-electron chi connectivity index (χ2n) is 11.3. The molecule has 1 rings (SSSR count). The summed E-state index contributed by atoms with van der Waals surface area (Å²) in [6.45, 7) is 5.30. The van der Waals surface area contributed by atoms with E-state index in [-0.39, 0.29) is 36.1 Å². The van der Waals surface area contributed by atoms with E-state index in [9.17, 15) is 33.6 Å². The molecule has 0 fully saturated rings. The summed E-state index contributed by atoms with van der Waals surface area (Å²) in [5, 5.41) is 66.3. The fourth-order valence-electron chi connectivity index (χ4n) is 2.28. The Morgan fingerprint density at radius 3 is 1.16 bits per heavy atom. The fourth-order valence-corrected chi connectivity index (χ4v) is 4.50. The molecule has 0 saturated heterocycles. The SMILES string of the molecule is CC(C)C(N)C(=O)O.CC(N)C(=O)O.NC(CSSCC(N)C(=O)O)C(=O)O.NC(Cc1ccc(O)cc1)C(=O)O.NCC(=O)O.NCCCCC(N)C(=O)O. The molecule has 24 N–H and O–H groups in total. The predicted octanol–water partition coefficient (Wildman–Crippen LogP) is -2.43. The number of carbonyl (C=O) groups is 7. The smallest absolute Gasteiger partial charge is 0.321 e. The Morgan fingerprint density at radius 1 is 0.571 bits per heavy atom. The number of phenolic OH excluding ortho intramolecular Hbond substituents is 1. The molecule has 0 aliphatic rings. The van der Waals surface area contributed by atoms with E-state index in [1.165, 1.54) is 40.6 Å². The summed E-state index contributed by atoms with van der Waals surface area (Å²) < 4.78 is 0. The minimum atomic E-state index is -1.07. The third-order valence-electron chi connectivity index (χ3n) is 5.78. The highest BCUT2D eigenvalue weighted by Gasteiger charge is 2.15. The van der Waals surface area contributed by atoms with Gasteiger partial charge < -0.3 is 86.7 Å². The zero-order valence-electron chi connectivity index (χ0n) is 31.4. The van der Waals surface area contributed by atoms with Gasteiger partial charge in [0.2, 0.25) is 0 Å². The third kappa shape index (κ3) is 44.1. The first-order valence-electron chi connectivity index (χ1n) is 16.2. The lowest BCUT2D eigenvalue weighted by molar-refractivity contribution is -0.140. The van der Waals surface area contributed by atoms with Crippen molar-refractivity contribution < 1.29 is 74.4 Å². The van der Waals surface area contributed by atoms with Crippen molar-refractivity contribution in [3.63, 3.8) is 0 Å². The van der Waals surface area contributed by atoms with Crippen LogP contribution < -0.4 is 45.9 Å². The minimum absolute atomic E-state index is 0.0208. The molecule has 6 atom stereocenters. The van der Waals surface area contributed by atoms with Gasteiger partial charge in [-0.1, -0.05) is 54.0 Å². The van der Waals surface area contributed by atoms with Gasteiger partial charge in [-0.2, -0.15) is 0 Å². The second-order valence-corrected chi connectivity index (χ2v) is 13.9. The molecule has 25 heteroatoms. The molecule has 0 aliphatic carbocycles. The zero-order chi connectivity index (χ0) is 45.1. The van der Waals surface area contributed by atoms with E-state index < -0.39 is 78.0 Å². The van der Waals surface area contributed by atoms with Crippen molar-refractivity contribution in [3.05, 3.63) is 29.8 Å². The van der Waals surface area contributed by atoms with Crippen LogP contribution in [0.5, 0.6) is 5.75 Å². The topological polar surface area (TPSA) is 489 Å². The van der Waals surface area contributed by atoms with Crippen LogP contribution in [0, 0.1) is 5.92 Å². The van der Waals surface area contributed by atoms with Crippen molar-refractivity contribution in [2.75, 3.05) is 24.6 Å². The number of hydrogen-bond donors (Lipinski definition) is 16. The fraction of sp³-hybridized carbons (Fsp3) is 0.581. The lowest BCUT2D eigenvalue weighted by Crippen LogP contribution is -2.34. The van der Waals surface area contributed by atoms with E-state index in [0.717, 1.165) is 18.4 Å². The molecule has 23 nitrogen and oxygen atoms in total. The lowest BCUT2D eigenvalue weighted by Gasteiger charge is -2.07. The Labute approximate surface area is 331 Å². The highest BCUT2D eigenvalue weighted by atomic mass is 33.1. The molecule has 6 unspecified atom stereocenters. The van der Waals surface area contributed by atoms with Crippen molar-refractivity contribution in [2.24, 2.45) is 51.8 Å². The van der Waals surface area contributed by atoms with Gasteiger partial charge in [0.15, 0.2) is 0 Å². The van der Waals surface area contributed by atoms with Crippen molar-refractivity contribution >= 4 is 63.4 Å². The Bertz CT molecular complexity index is 1240. The summed E-state index contributed by atoms with van der Waals surface area (Å²) in [5.74, 6) is -6.31. The van der Waals surface area contributed by atoms with E-state index >= 15 is 0 Å². The molecule has 326 valence electrons.